The van der Waals surface area contributed by atoms with Gasteiger partial charge in [-0.2, -0.15) is 9.97 Å². The van der Waals surface area contributed by atoms with Gasteiger partial charge < -0.3 is 5.73 Å². The number of hydrogen-bond acceptors (Lipinski definition) is 8. The molecule has 13 heteroatoms. The molecule has 1 amide bonds. The summed E-state index contributed by atoms with van der Waals surface area (Å²) in [5.41, 5.74) is 4.95. The van der Waals surface area contributed by atoms with Gasteiger partial charge in [0.15, 0.2) is 22.3 Å². The smallest absolute Gasteiger partial charge is 0.280 e. The lowest BCUT2D eigenvalue weighted by atomic mass is 10.2. The van der Waals surface area contributed by atoms with Crippen LogP contribution in [0.5, 0.6) is 0 Å². The Labute approximate surface area is 149 Å². The number of nitrogens with one attached hydrogen (secondary N) is 3. The number of fused-ring (bicyclic) bond motifs is 2. The van der Waals surface area contributed by atoms with Gasteiger partial charge in [0.05, 0.1) is 0 Å². The van der Waals surface area contributed by atoms with E-state index in [1.54, 1.807) is 13.8 Å². The molecule has 5 N–H and O–H groups in total. The summed E-state index contributed by atoms with van der Waals surface area (Å²) < 4.78 is 2.74. The van der Waals surface area contributed by atoms with Crippen LogP contribution >= 0.6 is 0 Å². The first-order valence-corrected chi connectivity index (χ1v) is 7.87. The fourth-order valence-corrected chi connectivity index (χ4v) is 2.45. The molecule has 0 spiro atoms. The van der Waals surface area contributed by atoms with Gasteiger partial charge in [-0.25, -0.2) is 19.3 Å². The Kier molecular flexibility index (Phi) is 3.50. The van der Waals surface area contributed by atoms with E-state index in [-0.39, 0.29) is 46.0 Å². The van der Waals surface area contributed by atoms with Crippen LogP contribution in [0.25, 0.3) is 22.3 Å². The summed E-state index contributed by atoms with van der Waals surface area (Å²) in [6.07, 6.45) is 2.64. The maximum atomic E-state index is 12.3. The monoisotopic (exact) mass is 370 g/mol. The lowest BCUT2D eigenvalue weighted by molar-refractivity contribution is -0.118. The van der Waals surface area contributed by atoms with Gasteiger partial charge in [0.25, 0.3) is 11.1 Å². The number of imidazole rings is 2. The zero-order valence-corrected chi connectivity index (χ0v) is 14.2. The highest BCUT2D eigenvalue weighted by Crippen LogP contribution is 2.13. The molecule has 0 aliphatic carbocycles. The molecule has 0 aliphatic heterocycles. The van der Waals surface area contributed by atoms with Crippen molar-refractivity contribution in [1.82, 2.24) is 39.3 Å². The van der Waals surface area contributed by atoms with Crippen LogP contribution in [0.4, 0.5) is 11.9 Å². The molecule has 0 bridgehead atoms. The SMILES string of the molecule is CC(C)C(=O)Nc1nc2c(ncn2-n2cnc3c(=O)[nH]c(N)nc32)c(=O)[nH]1. The molecule has 138 valence electrons. The van der Waals surface area contributed by atoms with Crippen molar-refractivity contribution in [3.05, 3.63) is 33.4 Å². The van der Waals surface area contributed by atoms with Gasteiger partial charge in [-0.3, -0.25) is 29.7 Å². The van der Waals surface area contributed by atoms with Gasteiger partial charge in [0.1, 0.15) is 12.7 Å². The van der Waals surface area contributed by atoms with Gasteiger partial charge in [-0.05, 0) is 0 Å². The largest absolute Gasteiger partial charge is 0.369 e. The first-order valence-electron chi connectivity index (χ1n) is 7.87. The number of nitrogens with zero attached hydrogens (tertiary/aromatic N) is 6. The summed E-state index contributed by atoms with van der Waals surface area (Å²) in [7, 11) is 0. The van der Waals surface area contributed by atoms with E-state index in [2.05, 4.69) is 35.2 Å². The molecule has 4 aromatic rings. The molecule has 0 radical (unpaired) electrons. The van der Waals surface area contributed by atoms with Crippen molar-refractivity contribution >= 4 is 40.1 Å². The Balaban J connectivity index is 1.93. The number of aromatic nitrogens is 8. The van der Waals surface area contributed by atoms with E-state index in [4.69, 9.17) is 5.73 Å². The molecular weight excluding hydrogens is 356 g/mol. The van der Waals surface area contributed by atoms with Crippen LogP contribution in [0.15, 0.2) is 22.2 Å². The highest BCUT2D eigenvalue weighted by Gasteiger charge is 2.17. The van der Waals surface area contributed by atoms with Crippen LogP contribution in [0.3, 0.4) is 0 Å². The van der Waals surface area contributed by atoms with E-state index in [1.807, 2.05) is 0 Å². The maximum absolute atomic E-state index is 12.3. The Morgan fingerprint density at radius 1 is 1.04 bits per heavy atom. The highest BCUT2D eigenvalue weighted by atomic mass is 16.2. The first kappa shape index (κ1) is 16.4. The van der Waals surface area contributed by atoms with E-state index in [0.717, 1.165) is 0 Å². The standard InChI is InChI=1S/C14H14N10O3/c1-5(2)10(25)21-14-19-9-7(12(27)22-14)17-4-24(9)23-3-16-6-8(23)18-13(15)20-11(6)26/h3-5H,1-2H3,(H3,15,18,20,26)(H2,19,21,22,25,27). The van der Waals surface area contributed by atoms with Crippen LogP contribution in [-0.2, 0) is 4.79 Å². The number of H-pyrrole nitrogens is 2. The van der Waals surface area contributed by atoms with Crippen molar-refractivity contribution in [2.75, 3.05) is 11.1 Å². The minimum atomic E-state index is -0.535. The number of amides is 1. The number of carbonyl (C=O) groups excluding carboxylic acids is 1. The third-order valence-corrected chi connectivity index (χ3v) is 3.80. The second-order valence-electron chi connectivity index (χ2n) is 6.03. The summed E-state index contributed by atoms with van der Waals surface area (Å²) in [6.45, 7) is 3.42. The number of hydrogen-bond donors (Lipinski definition) is 4. The zero-order chi connectivity index (χ0) is 19.3. The molecule has 0 fully saturated rings. The molecular formula is C14H14N10O3. The number of anilines is 2. The lowest BCUT2D eigenvalue weighted by Gasteiger charge is -2.08. The number of carbonyl (C=O) groups is 1. The Hall–Kier alpha value is -4.03. The fraction of sp³-hybridized carbons (Fsp3) is 0.214. The van der Waals surface area contributed by atoms with E-state index in [0.29, 0.717) is 0 Å². The van der Waals surface area contributed by atoms with E-state index in [9.17, 15) is 14.4 Å². The summed E-state index contributed by atoms with van der Waals surface area (Å²) in [5.74, 6) is -0.720. The molecule has 13 nitrogen and oxygen atoms in total. The molecule has 0 aliphatic rings. The summed E-state index contributed by atoms with van der Waals surface area (Å²) >= 11 is 0. The number of nitrogens with two attached hydrogens (primary N) is 1. The Bertz CT molecular complexity index is 1310. The van der Waals surface area contributed by atoms with Gasteiger partial charge in [-0.15, -0.1) is 0 Å². The second-order valence-corrected chi connectivity index (χ2v) is 6.03. The molecule has 0 saturated carbocycles. The van der Waals surface area contributed by atoms with Crippen molar-refractivity contribution in [3.63, 3.8) is 0 Å². The van der Waals surface area contributed by atoms with E-state index in [1.165, 1.54) is 22.0 Å². The van der Waals surface area contributed by atoms with Crippen molar-refractivity contribution in [3.8, 4) is 0 Å². The second kappa shape index (κ2) is 5.76. The highest BCUT2D eigenvalue weighted by molar-refractivity contribution is 5.91. The predicted molar refractivity (Wildman–Crippen MR) is 95.0 cm³/mol. The van der Waals surface area contributed by atoms with Crippen molar-refractivity contribution in [2.45, 2.75) is 13.8 Å². The number of rotatable bonds is 3. The van der Waals surface area contributed by atoms with Crippen LogP contribution in [0.2, 0.25) is 0 Å². The average Bonchev–Trinajstić information content (AvgIpc) is 3.18. The summed E-state index contributed by atoms with van der Waals surface area (Å²) in [6, 6.07) is 0. The molecule has 27 heavy (non-hydrogen) atoms. The Morgan fingerprint density at radius 2 is 1.59 bits per heavy atom. The fourth-order valence-electron chi connectivity index (χ4n) is 2.45. The normalized spacial score (nSPS) is 11.5. The predicted octanol–water partition coefficient (Wildman–Crippen LogP) is -0.959. The molecule has 4 heterocycles. The maximum Gasteiger partial charge on any atom is 0.280 e. The van der Waals surface area contributed by atoms with E-state index < -0.39 is 11.1 Å². The summed E-state index contributed by atoms with van der Waals surface area (Å²) in [4.78, 5) is 57.3. The zero-order valence-electron chi connectivity index (χ0n) is 14.2. The average molecular weight is 370 g/mol. The van der Waals surface area contributed by atoms with Crippen molar-refractivity contribution in [2.24, 2.45) is 5.92 Å². The minimum absolute atomic E-state index is 0.0253. The third kappa shape index (κ3) is 2.61. The van der Waals surface area contributed by atoms with Crippen molar-refractivity contribution in [1.29, 1.82) is 0 Å². The molecule has 0 unspecified atom stereocenters. The van der Waals surface area contributed by atoms with Crippen LogP contribution in [-0.4, -0.2) is 45.2 Å². The van der Waals surface area contributed by atoms with Crippen LogP contribution in [0.1, 0.15) is 13.8 Å². The molecule has 4 rings (SSSR count). The van der Waals surface area contributed by atoms with Gasteiger partial charge >= 0.3 is 0 Å². The molecule has 0 saturated heterocycles. The van der Waals surface area contributed by atoms with Gasteiger partial charge in [-0.1, -0.05) is 13.8 Å². The van der Waals surface area contributed by atoms with Gasteiger partial charge in [0, 0.05) is 5.92 Å². The first-order chi connectivity index (χ1) is 12.8. The number of aromatic amines is 2. The van der Waals surface area contributed by atoms with Crippen LogP contribution < -0.4 is 22.2 Å². The Morgan fingerprint density at radius 3 is 2.19 bits per heavy atom. The minimum Gasteiger partial charge on any atom is -0.369 e. The number of nitrogen functional groups attached to an aromatic ring is 1. The molecule has 4 aromatic heterocycles. The topological polar surface area (TPSA) is 182 Å². The molecule has 0 aromatic carbocycles. The van der Waals surface area contributed by atoms with Gasteiger partial charge in [0.2, 0.25) is 17.8 Å². The third-order valence-electron chi connectivity index (χ3n) is 3.80. The van der Waals surface area contributed by atoms with Crippen molar-refractivity contribution < 1.29 is 4.79 Å². The summed E-state index contributed by atoms with van der Waals surface area (Å²) in [5, 5.41) is 2.53. The quantitative estimate of drug-likeness (QED) is 0.355. The van der Waals surface area contributed by atoms with E-state index >= 15 is 0 Å². The molecule has 0 atom stereocenters. The lowest BCUT2D eigenvalue weighted by Crippen LogP contribution is -2.22. The van der Waals surface area contributed by atoms with Crippen LogP contribution in [0, 0.1) is 5.92 Å².